The monoisotopic (exact) mass is 273 g/mol. The van der Waals surface area contributed by atoms with Crippen molar-refractivity contribution in [2.75, 3.05) is 7.11 Å². The Hall–Kier alpha value is -2.07. The van der Waals surface area contributed by atoms with Crippen molar-refractivity contribution >= 4 is 5.57 Å². The molecule has 0 aliphatic heterocycles. The SMILES string of the molecule is C=C(C)c1c(-c2ccc(OC)cc2)noc1C(C)(C)O. The van der Waals surface area contributed by atoms with Gasteiger partial charge < -0.3 is 14.4 Å². The first kappa shape index (κ1) is 14.3. The van der Waals surface area contributed by atoms with Gasteiger partial charge in [-0.25, -0.2) is 0 Å². The minimum Gasteiger partial charge on any atom is -0.497 e. The van der Waals surface area contributed by atoms with E-state index in [1.54, 1.807) is 21.0 Å². The van der Waals surface area contributed by atoms with Gasteiger partial charge in [0.25, 0.3) is 0 Å². The third-order valence-corrected chi connectivity index (χ3v) is 3.04. The molecular formula is C16H19NO3. The molecule has 4 nitrogen and oxygen atoms in total. The van der Waals surface area contributed by atoms with Crippen molar-refractivity contribution in [2.45, 2.75) is 26.4 Å². The molecule has 0 saturated heterocycles. The van der Waals surface area contributed by atoms with Crippen molar-refractivity contribution in [1.82, 2.24) is 5.16 Å². The molecule has 0 amide bonds. The molecule has 4 heteroatoms. The molecule has 1 N–H and O–H groups in total. The molecule has 0 radical (unpaired) electrons. The normalized spacial score (nSPS) is 11.4. The summed E-state index contributed by atoms with van der Waals surface area (Å²) in [6.45, 7) is 9.15. The van der Waals surface area contributed by atoms with Crippen LogP contribution < -0.4 is 4.74 Å². The second kappa shape index (κ2) is 5.13. The van der Waals surface area contributed by atoms with Gasteiger partial charge in [0.2, 0.25) is 0 Å². The van der Waals surface area contributed by atoms with E-state index >= 15 is 0 Å². The smallest absolute Gasteiger partial charge is 0.175 e. The lowest BCUT2D eigenvalue weighted by Crippen LogP contribution is -2.16. The highest BCUT2D eigenvalue weighted by Gasteiger charge is 2.29. The van der Waals surface area contributed by atoms with Crippen LogP contribution in [0.25, 0.3) is 16.8 Å². The molecule has 0 spiro atoms. The van der Waals surface area contributed by atoms with Crippen LogP contribution in [0.4, 0.5) is 0 Å². The maximum absolute atomic E-state index is 10.2. The summed E-state index contributed by atoms with van der Waals surface area (Å²) in [5.74, 6) is 1.20. The first-order valence-corrected chi connectivity index (χ1v) is 6.37. The van der Waals surface area contributed by atoms with Gasteiger partial charge in [-0.05, 0) is 50.6 Å². The van der Waals surface area contributed by atoms with E-state index in [0.29, 0.717) is 11.5 Å². The Balaban J connectivity index is 2.56. The van der Waals surface area contributed by atoms with Gasteiger partial charge in [0.15, 0.2) is 5.76 Å². The number of aromatic nitrogens is 1. The van der Waals surface area contributed by atoms with Gasteiger partial charge in [-0.1, -0.05) is 11.7 Å². The summed E-state index contributed by atoms with van der Waals surface area (Å²) in [6.07, 6.45) is 0. The Morgan fingerprint density at radius 1 is 1.30 bits per heavy atom. The second-order valence-electron chi connectivity index (χ2n) is 5.30. The molecule has 106 valence electrons. The van der Waals surface area contributed by atoms with Crippen LogP contribution in [-0.4, -0.2) is 17.4 Å². The standard InChI is InChI=1S/C16H19NO3/c1-10(2)13-14(17-20-15(13)16(3,4)18)11-6-8-12(19-5)9-7-11/h6-9,18H,1H2,2-5H3. The first-order valence-electron chi connectivity index (χ1n) is 6.37. The summed E-state index contributed by atoms with van der Waals surface area (Å²) in [6, 6.07) is 7.51. The van der Waals surface area contributed by atoms with E-state index in [-0.39, 0.29) is 0 Å². The predicted octanol–water partition coefficient (Wildman–Crippen LogP) is 3.61. The van der Waals surface area contributed by atoms with Crippen molar-refractivity contribution in [1.29, 1.82) is 0 Å². The van der Waals surface area contributed by atoms with Crippen LogP contribution in [0.15, 0.2) is 35.4 Å². The average molecular weight is 273 g/mol. The number of allylic oxidation sites excluding steroid dienone is 1. The highest BCUT2D eigenvalue weighted by molar-refractivity contribution is 5.78. The molecule has 2 aromatic rings. The van der Waals surface area contributed by atoms with E-state index in [1.807, 2.05) is 31.2 Å². The highest BCUT2D eigenvalue weighted by Crippen LogP contribution is 2.36. The average Bonchev–Trinajstić information content (AvgIpc) is 2.83. The Bertz CT molecular complexity index is 618. The van der Waals surface area contributed by atoms with Crippen LogP contribution in [0, 0.1) is 0 Å². The molecule has 0 saturated carbocycles. The maximum Gasteiger partial charge on any atom is 0.175 e. The van der Waals surface area contributed by atoms with Gasteiger partial charge in [-0.2, -0.15) is 0 Å². The van der Waals surface area contributed by atoms with Gasteiger partial charge in [-0.15, -0.1) is 0 Å². The molecule has 0 aliphatic rings. The number of rotatable bonds is 4. The van der Waals surface area contributed by atoms with Crippen LogP contribution >= 0.6 is 0 Å². The van der Waals surface area contributed by atoms with E-state index in [4.69, 9.17) is 9.26 Å². The minimum atomic E-state index is -1.11. The predicted molar refractivity (Wildman–Crippen MR) is 78.4 cm³/mol. The van der Waals surface area contributed by atoms with Gasteiger partial charge >= 0.3 is 0 Å². The lowest BCUT2D eigenvalue weighted by Gasteiger charge is -2.15. The zero-order valence-corrected chi connectivity index (χ0v) is 12.2. The third-order valence-electron chi connectivity index (χ3n) is 3.04. The molecule has 0 unspecified atom stereocenters. The van der Waals surface area contributed by atoms with Crippen molar-refractivity contribution < 1.29 is 14.4 Å². The number of hydrogen-bond acceptors (Lipinski definition) is 4. The quantitative estimate of drug-likeness (QED) is 0.924. The molecule has 2 rings (SSSR count). The lowest BCUT2D eigenvalue weighted by atomic mass is 9.94. The maximum atomic E-state index is 10.2. The highest BCUT2D eigenvalue weighted by atomic mass is 16.5. The molecule has 0 atom stereocenters. The number of benzene rings is 1. The van der Waals surface area contributed by atoms with E-state index in [9.17, 15) is 5.11 Å². The zero-order chi connectivity index (χ0) is 14.9. The molecule has 0 aliphatic carbocycles. The van der Waals surface area contributed by atoms with Crippen LogP contribution in [0.3, 0.4) is 0 Å². The Morgan fingerprint density at radius 2 is 1.90 bits per heavy atom. The third kappa shape index (κ3) is 2.60. The van der Waals surface area contributed by atoms with Gasteiger partial charge in [0, 0.05) is 5.56 Å². The van der Waals surface area contributed by atoms with Gasteiger partial charge in [-0.3, -0.25) is 0 Å². The van der Waals surface area contributed by atoms with Crippen molar-refractivity contribution in [2.24, 2.45) is 0 Å². The fourth-order valence-corrected chi connectivity index (χ4v) is 2.05. The summed E-state index contributed by atoms with van der Waals surface area (Å²) in [5.41, 5.74) is 2.02. The largest absolute Gasteiger partial charge is 0.497 e. The molecule has 1 heterocycles. The number of aliphatic hydroxyl groups is 1. The fraction of sp³-hybridized carbons (Fsp3) is 0.312. The fourth-order valence-electron chi connectivity index (χ4n) is 2.05. The van der Waals surface area contributed by atoms with Crippen LogP contribution in [-0.2, 0) is 5.60 Å². The number of ether oxygens (including phenoxy) is 1. The van der Waals surface area contributed by atoms with Crippen LogP contribution in [0.5, 0.6) is 5.75 Å². The van der Waals surface area contributed by atoms with E-state index < -0.39 is 5.60 Å². The summed E-state index contributed by atoms with van der Waals surface area (Å²) in [5, 5.41) is 14.3. The van der Waals surface area contributed by atoms with Crippen molar-refractivity contribution in [3.05, 3.63) is 42.2 Å². The molecule has 1 aromatic carbocycles. The molecule has 1 aromatic heterocycles. The van der Waals surface area contributed by atoms with Crippen molar-refractivity contribution in [3.63, 3.8) is 0 Å². The molecular weight excluding hydrogens is 254 g/mol. The zero-order valence-electron chi connectivity index (χ0n) is 12.2. The molecule has 0 bridgehead atoms. The van der Waals surface area contributed by atoms with E-state index in [0.717, 1.165) is 22.4 Å². The first-order chi connectivity index (χ1) is 9.34. The Kier molecular flexibility index (Phi) is 3.68. The number of methoxy groups -OCH3 is 1. The summed E-state index contributed by atoms with van der Waals surface area (Å²) >= 11 is 0. The summed E-state index contributed by atoms with van der Waals surface area (Å²) in [7, 11) is 1.62. The number of nitrogens with zero attached hydrogens (tertiary/aromatic N) is 1. The Morgan fingerprint density at radius 3 is 2.35 bits per heavy atom. The van der Waals surface area contributed by atoms with Gasteiger partial charge in [0.1, 0.15) is 17.0 Å². The van der Waals surface area contributed by atoms with Gasteiger partial charge in [0.05, 0.1) is 12.7 Å². The lowest BCUT2D eigenvalue weighted by molar-refractivity contribution is 0.0472. The summed E-state index contributed by atoms with van der Waals surface area (Å²) in [4.78, 5) is 0. The molecule has 20 heavy (non-hydrogen) atoms. The van der Waals surface area contributed by atoms with Crippen LogP contribution in [0.2, 0.25) is 0 Å². The van der Waals surface area contributed by atoms with E-state index in [1.165, 1.54) is 0 Å². The Labute approximate surface area is 118 Å². The summed E-state index contributed by atoms with van der Waals surface area (Å²) < 4.78 is 10.5. The van der Waals surface area contributed by atoms with Crippen molar-refractivity contribution in [3.8, 4) is 17.0 Å². The minimum absolute atomic E-state index is 0.427. The number of hydrogen-bond donors (Lipinski definition) is 1. The topological polar surface area (TPSA) is 55.5 Å². The second-order valence-corrected chi connectivity index (χ2v) is 5.30. The molecule has 0 fully saturated rings. The van der Waals surface area contributed by atoms with Crippen LogP contribution in [0.1, 0.15) is 32.1 Å². The van der Waals surface area contributed by atoms with E-state index in [2.05, 4.69) is 11.7 Å².